The number of nitrogens with zero attached hydrogens (tertiary/aromatic N) is 4. The predicted molar refractivity (Wildman–Crippen MR) is 85.8 cm³/mol. The average Bonchev–Trinajstić information content (AvgIpc) is 2.81. The van der Waals surface area contributed by atoms with Crippen molar-refractivity contribution < 1.29 is 9.85 Å². The maximum absolute atomic E-state index is 11.4. The minimum atomic E-state index is -0.635. The van der Waals surface area contributed by atoms with Crippen LogP contribution in [0.4, 0.5) is 17.1 Å². The summed E-state index contributed by atoms with van der Waals surface area (Å²) in [4.78, 5) is 30.3. The van der Waals surface area contributed by atoms with Gasteiger partial charge < -0.3 is 15.2 Å². The molecule has 0 spiro atoms. The van der Waals surface area contributed by atoms with Crippen molar-refractivity contribution in [1.29, 1.82) is 0 Å². The highest BCUT2D eigenvalue weighted by Gasteiger charge is 2.30. The number of anilines is 1. The van der Waals surface area contributed by atoms with E-state index in [9.17, 15) is 20.2 Å². The van der Waals surface area contributed by atoms with E-state index >= 15 is 0 Å². The summed E-state index contributed by atoms with van der Waals surface area (Å²) in [6.45, 7) is 2.78. The number of nitro groups is 2. The van der Waals surface area contributed by atoms with Crippen LogP contribution < -0.4 is 5.32 Å². The number of H-pyrrole nitrogens is 1. The van der Waals surface area contributed by atoms with Crippen LogP contribution in [-0.4, -0.2) is 51.9 Å². The Hall–Kier alpha value is -2.75. The summed E-state index contributed by atoms with van der Waals surface area (Å²) in [5, 5.41) is 25.6. The molecular formula is C13H18N6O4. The zero-order valence-electron chi connectivity index (χ0n) is 13.1. The van der Waals surface area contributed by atoms with Crippen molar-refractivity contribution in [3.8, 4) is 0 Å². The minimum Gasteiger partial charge on any atom is -0.374 e. The van der Waals surface area contributed by atoms with Crippen LogP contribution in [-0.2, 0) is 0 Å². The molecule has 0 atom stereocenters. The van der Waals surface area contributed by atoms with Gasteiger partial charge in [0.2, 0.25) is 0 Å². The Morgan fingerprint density at radius 3 is 2.57 bits per heavy atom. The molecule has 2 N–H and O–H groups in total. The van der Waals surface area contributed by atoms with Crippen molar-refractivity contribution in [3.63, 3.8) is 0 Å². The lowest BCUT2D eigenvalue weighted by Gasteiger charge is -2.11. The Balaban J connectivity index is 2.49. The summed E-state index contributed by atoms with van der Waals surface area (Å²) in [7, 11) is 3.81. The second kappa shape index (κ2) is 6.57. The Bertz CT molecular complexity index is 754. The molecule has 1 heterocycles. The molecule has 0 radical (unpaired) electrons. The predicted octanol–water partition coefficient (Wildman–Crippen LogP) is 2.05. The Morgan fingerprint density at radius 2 is 2.00 bits per heavy atom. The molecule has 23 heavy (non-hydrogen) atoms. The molecule has 2 rings (SSSR count). The van der Waals surface area contributed by atoms with Crippen LogP contribution in [0.25, 0.3) is 11.0 Å². The maximum atomic E-state index is 11.4. The van der Waals surface area contributed by atoms with Crippen molar-refractivity contribution in [2.45, 2.75) is 13.3 Å². The lowest BCUT2D eigenvalue weighted by molar-refractivity contribution is -0.391. The lowest BCUT2D eigenvalue weighted by atomic mass is 10.2. The van der Waals surface area contributed by atoms with Crippen molar-refractivity contribution >= 4 is 28.1 Å². The van der Waals surface area contributed by atoms with E-state index in [4.69, 9.17) is 0 Å². The van der Waals surface area contributed by atoms with Crippen LogP contribution in [0, 0.1) is 27.2 Å². The van der Waals surface area contributed by atoms with E-state index in [1.165, 1.54) is 6.07 Å². The summed E-state index contributed by atoms with van der Waals surface area (Å²) < 4.78 is 0. The number of aromatic amines is 1. The average molecular weight is 322 g/mol. The monoisotopic (exact) mass is 322 g/mol. The summed E-state index contributed by atoms with van der Waals surface area (Å²) in [5.74, 6) is 0.460. The smallest absolute Gasteiger partial charge is 0.327 e. The van der Waals surface area contributed by atoms with E-state index in [1.54, 1.807) is 6.92 Å². The van der Waals surface area contributed by atoms with Gasteiger partial charge in [-0.15, -0.1) is 0 Å². The van der Waals surface area contributed by atoms with Crippen LogP contribution in [0.5, 0.6) is 0 Å². The Labute approximate surface area is 131 Å². The molecular weight excluding hydrogens is 304 g/mol. The van der Waals surface area contributed by atoms with Gasteiger partial charge in [-0.1, -0.05) is 0 Å². The zero-order valence-corrected chi connectivity index (χ0v) is 13.1. The number of fused-ring (bicyclic) bond motifs is 1. The molecule has 124 valence electrons. The zero-order chi connectivity index (χ0) is 17.1. The number of hydrogen-bond donors (Lipinski definition) is 2. The Morgan fingerprint density at radius 1 is 1.30 bits per heavy atom. The summed E-state index contributed by atoms with van der Waals surface area (Å²) in [5.41, 5.74) is -0.410. The van der Waals surface area contributed by atoms with Crippen LogP contribution in [0.2, 0.25) is 0 Å². The summed E-state index contributed by atoms with van der Waals surface area (Å²) >= 11 is 0. The first-order chi connectivity index (χ1) is 10.8. The first kappa shape index (κ1) is 16.6. The SMILES string of the molecule is Cc1nc2c([N+](=O)[O-])c(NCCCN(C)C)c([N+](=O)[O-])cc2[nH]1. The largest absolute Gasteiger partial charge is 0.374 e. The van der Waals surface area contributed by atoms with Crippen LogP contribution in [0.1, 0.15) is 12.2 Å². The highest BCUT2D eigenvalue weighted by atomic mass is 16.6. The Kier molecular flexibility index (Phi) is 4.74. The fourth-order valence-electron chi connectivity index (χ4n) is 2.35. The van der Waals surface area contributed by atoms with Crippen LogP contribution in [0.3, 0.4) is 0 Å². The third-order valence-corrected chi connectivity index (χ3v) is 3.31. The third-order valence-electron chi connectivity index (χ3n) is 3.31. The van der Waals surface area contributed by atoms with Crippen LogP contribution >= 0.6 is 0 Å². The molecule has 0 bridgehead atoms. The molecule has 0 aliphatic heterocycles. The van der Waals surface area contributed by atoms with Gasteiger partial charge in [0.1, 0.15) is 5.82 Å². The fraction of sp³-hybridized carbons (Fsp3) is 0.462. The standard InChI is InChI=1S/C13H18N6O4/c1-8-15-9-7-10(18(20)21)12(14-5-4-6-17(2)3)13(19(22)23)11(9)16-8/h7,14H,4-6H2,1-3H3,(H,15,16). The number of nitro benzene ring substituents is 2. The minimum absolute atomic E-state index is 0.0993. The number of rotatable bonds is 7. The molecule has 0 aliphatic rings. The second-order valence-electron chi connectivity index (χ2n) is 5.44. The van der Waals surface area contributed by atoms with Gasteiger partial charge in [0.15, 0.2) is 11.2 Å². The quantitative estimate of drug-likeness (QED) is 0.453. The molecule has 2 aromatic rings. The van der Waals surface area contributed by atoms with Crippen molar-refractivity contribution in [2.24, 2.45) is 0 Å². The number of aryl methyl sites for hydroxylation is 1. The molecule has 0 aliphatic carbocycles. The fourth-order valence-corrected chi connectivity index (χ4v) is 2.35. The van der Waals surface area contributed by atoms with E-state index in [1.807, 2.05) is 19.0 Å². The molecule has 0 fully saturated rings. The topological polar surface area (TPSA) is 130 Å². The molecule has 0 unspecified atom stereocenters. The van der Waals surface area contributed by atoms with Gasteiger partial charge >= 0.3 is 11.4 Å². The van der Waals surface area contributed by atoms with Crippen molar-refractivity contribution in [2.75, 3.05) is 32.5 Å². The van der Waals surface area contributed by atoms with E-state index in [0.29, 0.717) is 18.8 Å². The van der Waals surface area contributed by atoms with E-state index in [2.05, 4.69) is 15.3 Å². The first-order valence-corrected chi connectivity index (χ1v) is 7.02. The first-order valence-electron chi connectivity index (χ1n) is 7.02. The van der Waals surface area contributed by atoms with Crippen molar-refractivity contribution in [1.82, 2.24) is 14.9 Å². The number of nitrogens with one attached hydrogen (secondary N) is 2. The summed E-state index contributed by atoms with van der Waals surface area (Å²) in [6, 6.07) is 1.27. The number of benzene rings is 1. The second-order valence-corrected chi connectivity index (χ2v) is 5.44. The van der Waals surface area contributed by atoms with Gasteiger partial charge in [-0.05, 0) is 34.0 Å². The molecule has 10 heteroatoms. The summed E-state index contributed by atoms with van der Waals surface area (Å²) in [6.07, 6.45) is 0.693. The van der Waals surface area contributed by atoms with E-state index in [0.717, 1.165) is 6.54 Å². The molecule has 0 saturated heterocycles. The molecule has 1 aromatic heterocycles. The van der Waals surface area contributed by atoms with Gasteiger partial charge in [-0.3, -0.25) is 20.2 Å². The van der Waals surface area contributed by atoms with Crippen molar-refractivity contribution in [3.05, 3.63) is 32.1 Å². The van der Waals surface area contributed by atoms with Gasteiger partial charge in [0, 0.05) is 12.6 Å². The molecule has 10 nitrogen and oxygen atoms in total. The molecule has 0 amide bonds. The number of imidazole rings is 1. The van der Waals surface area contributed by atoms with Gasteiger partial charge in [-0.2, -0.15) is 0 Å². The van der Waals surface area contributed by atoms with Crippen LogP contribution in [0.15, 0.2) is 6.07 Å². The third kappa shape index (κ3) is 3.54. The highest BCUT2D eigenvalue weighted by Crippen LogP contribution is 2.39. The van der Waals surface area contributed by atoms with E-state index in [-0.39, 0.29) is 28.1 Å². The molecule has 1 aromatic carbocycles. The maximum Gasteiger partial charge on any atom is 0.327 e. The van der Waals surface area contributed by atoms with Gasteiger partial charge in [-0.25, -0.2) is 4.98 Å². The van der Waals surface area contributed by atoms with Gasteiger partial charge in [0.05, 0.1) is 15.4 Å². The highest BCUT2D eigenvalue weighted by molar-refractivity contribution is 5.96. The molecule has 0 saturated carbocycles. The lowest BCUT2D eigenvalue weighted by Crippen LogP contribution is -2.17. The van der Waals surface area contributed by atoms with Gasteiger partial charge in [0.25, 0.3) is 0 Å². The van der Waals surface area contributed by atoms with E-state index < -0.39 is 9.85 Å². The number of aromatic nitrogens is 2. The number of hydrogen-bond acceptors (Lipinski definition) is 7. The normalized spacial score (nSPS) is 11.1.